The smallest absolute Gasteiger partial charge is 0.262 e. The van der Waals surface area contributed by atoms with Gasteiger partial charge in [0, 0.05) is 30.7 Å². The highest BCUT2D eigenvalue weighted by Crippen LogP contribution is 2.36. The molecule has 1 saturated heterocycles. The number of carbonyl (C=O) groups is 1. The van der Waals surface area contributed by atoms with Gasteiger partial charge in [0.25, 0.3) is 5.91 Å². The lowest BCUT2D eigenvalue weighted by Crippen LogP contribution is -2.36. The molecule has 1 N–H and O–H groups in total. The van der Waals surface area contributed by atoms with E-state index in [2.05, 4.69) is 27.3 Å². The molecule has 8 heteroatoms. The molecule has 0 bridgehead atoms. The Hall–Kier alpha value is -3.55. The van der Waals surface area contributed by atoms with Crippen molar-refractivity contribution in [3.05, 3.63) is 77.3 Å². The molecule has 0 radical (unpaired) electrons. The van der Waals surface area contributed by atoms with Crippen LogP contribution in [0, 0.1) is 0 Å². The van der Waals surface area contributed by atoms with Crippen molar-refractivity contribution in [2.45, 2.75) is 0 Å². The van der Waals surface area contributed by atoms with Gasteiger partial charge in [-0.2, -0.15) is 0 Å². The summed E-state index contributed by atoms with van der Waals surface area (Å²) in [7, 11) is 1.52. The van der Waals surface area contributed by atoms with Gasteiger partial charge in [0.15, 0.2) is 18.1 Å². The summed E-state index contributed by atoms with van der Waals surface area (Å²) in [6.45, 7) is 3.08. The van der Waals surface area contributed by atoms with Gasteiger partial charge in [-0.25, -0.2) is 0 Å². The predicted octanol–water partition coefficient (Wildman–Crippen LogP) is 4.95. The van der Waals surface area contributed by atoms with E-state index in [0.29, 0.717) is 22.2 Å². The molecule has 0 aliphatic carbocycles. The summed E-state index contributed by atoms with van der Waals surface area (Å²) >= 11 is 6.43. The molecule has 7 nitrogen and oxygen atoms in total. The van der Waals surface area contributed by atoms with Gasteiger partial charge in [-0.05, 0) is 54.1 Å². The molecule has 1 aliphatic heterocycles. The zero-order valence-electron chi connectivity index (χ0n) is 18.9. The van der Waals surface area contributed by atoms with Gasteiger partial charge in [0.05, 0.1) is 31.0 Å². The summed E-state index contributed by atoms with van der Waals surface area (Å²) in [5, 5.41) is 3.10. The number of benzene rings is 3. The molecule has 4 rings (SSSR count). The number of morpholine rings is 1. The Morgan fingerprint density at radius 3 is 2.56 bits per heavy atom. The van der Waals surface area contributed by atoms with E-state index >= 15 is 0 Å². The second-order valence-corrected chi connectivity index (χ2v) is 8.02. The van der Waals surface area contributed by atoms with Crippen LogP contribution in [0.2, 0.25) is 5.02 Å². The van der Waals surface area contributed by atoms with Crippen molar-refractivity contribution >= 4 is 40.8 Å². The minimum atomic E-state index is -0.296. The zero-order valence-corrected chi connectivity index (χ0v) is 19.6. The van der Waals surface area contributed by atoms with E-state index in [1.807, 2.05) is 30.3 Å². The minimum Gasteiger partial charge on any atom is -0.493 e. The molecule has 0 saturated carbocycles. The molecule has 0 aromatic heterocycles. The fourth-order valence-corrected chi connectivity index (χ4v) is 3.80. The van der Waals surface area contributed by atoms with Crippen molar-refractivity contribution in [1.82, 2.24) is 0 Å². The summed E-state index contributed by atoms with van der Waals surface area (Å²) in [5.41, 5.74) is 3.42. The molecule has 3 aromatic carbocycles. The molecule has 0 spiro atoms. The van der Waals surface area contributed by atoms with Crippen molar-refractivity contribution in [3.63, 3.8) is 0 Å². The molecule has 1 heterocycles. The fourth-order valence-electron chi connectivity index (χ4n) is 3.53. The number of carbonyl (C=O) groups excluding carboxylic acids is 1. The number of hydrogen-bond donors (Lipinski definition) is 1. The van der Waals surface area contributed by atoms with E-state index in [0.717, 1.165) is 43.2 Å². The molecule has 1 amide bonds. The van der Waals surface area contributed by atoms with Gasteiger partial charge in [0.2, 0.25) is 0 Å². The number of aliphatic imine (C=N–C) groups is 1. The highest BCUT2D eigenvalue weighted by atomic mass is 35.5. The van der Waals surface area contributed by atoms with Crippen LogP contribution in [0.25, 0.3) is 0 Å². The van der Waals surface area contributed by atoms with Gasteiger partial charge >= 0.3 is 0 Å². The maximum atomic E-state index is 12.2. The van der Waals surface area contributed by atoms with Crippen molar-refractivity contribution in [1.29, 1.82) is 0 Å². The van der Waals surface area contributed by atoms with Crippen LogP contribution in [0.15, 0.2) is 71.7 Å². The van der Waals surface area contributed by atoms with E-state index in [-0.39, 0.29) is 12.5 Å². The number of ether oxygens (including phenoxy) is 3. The summed E-state index contributed by atoms with van der Waals surface area (Å²) < 4.78 is 16.5. The Morgan fingerprint density at radius 1 is 1.12 bits per heavy atom. The highest BCUT2D eigenvalue weighted by Gasteiger charge is 2.14. The lowest BCUT2D eigenvalue weighted by Gasteiger charge is -2.28. The first-order valence-electron chi connectivity index (χ1n) is 10.9. The normalized spacial score (nSPS) is 13.6. The van der Waals surface area contributed by atoms with E-state index in [4.69, 9.17) is 25.8 Å². The van der Waals surface area contributed by atoms with Crippen LogP contribution in [0.1, 0.15) is 5.56 Å². The predicted molar refractivity (Wildman–Crippen MR) is 135 cm³/mol. The van der Waals surface area contributed by atoms with Crippen LogP contribution in [0.3, 0.4) is 0 Å². The second-order valence-electron chi connectivity index (χ2n) is 7.61. The average Bonchev–Trinajstić information content (AvgIpc) is 2.88. The molecule has 34 heavy (non-hydrogen) atoms. The van der Waals surface area contributed by atoms with E-state index in [1.165, 1.54) is 7.11 Å². The van der Waals surface area contributed by atoms with Crippen LogP contribution < -0.4 is 19.7 Å². The largest absolute Gasteiger partial charge is 0.493 e. The first-order valence-corrected chi connectivity index (χ1v) is 11.3. The van der Waals surface area contributed by atoms with Crippen LogP contribution in [0.4, 0.5) is 17.1 Å². The Labute approximate surface area is 203 Å². The van der Waals surface area contributed by atoms with Gasteiger partial charge < -0.3 is 24.4 Å². The molecule has 3 aromatic rings. The first-order chi connectivity index (χ1) is 16.6. The Bertz CT molecular complexity index is 1130. The Morgan fingerprint density at radius 2 is 1.85 bits per heavy atom. The molecule has 1 fully saturated rings. The first kappa shape index (κ1) is 23.6. The van der Waals surface area contributed by atoms with Crippen LogP contribution >= 0.6 is 11.6 Å². The maximum absolute atomic E-state index is 12.2. The van der Waals surface area contributed by atoms with Gasteiger partial charge in [-0.1, -0.05) is 29.8 Å². The third-order valence-corrected chi connectivity index (χ3v) is 5.53. The van der Waals surface area contributed by atoms with E-state index < -0.39 is 0 Å². The van der Waals surface area contributed by atoms with Crippen molar-refractivity contribution in [2.24, 2.45) is 4.99 Å². The van der Waals surface area contributed by atoms with Gasteiger partial charge in [-0.3, -0.25) is 9.79 Å². The lowest BCUT2D eigenvalue weighted by molar-refractivity contribution is -0.118. The molecule has 0 unspecified atom stereocenters. The summed E-state index contributed by atoms with van der Waals surface area (Å²) in [5.74, 6) is 0.430. The lowest BCUT2D eigenvalue weighted by atomic mass is 10.2. The third-order valence-electron chi connectivity index (χ3n) is 5.25. The number of rotatable bonds is 8. The minimum absolute atomic E-state index is 0.200. The number of halogens is 1. The summed E-state index contributed by atoms with van der Waals surface area (Å²) in [6.07, 6.45) is 1.71. The maximum Gasteiger partial charge on any atom is 0.262 e. The van der Waals surface area contributed by atoms with Crippen LogP contribution in [-0.4, -0.2) is 52.1 Å². The summed E-state index contributed by atoms with van der Waals surface area (Å²) in [6, 6.07) is 20.7. The quantitative estimate of drug-likeness (QED) is 0.463. The fraction of sp³-hybridized carbons (Fsp3) is 0.231. The second kappa shape index (κ2) is 11.5. The van der Waals surface area contributed by atoms with Crippen molar-refractivity contribution in [2.75, 3.05) is 50.2 Å². The average molecular weight is 480 g/mol. The standard InChI is InChI=1S/C26H26ClN3O4/c1-32-24-16-19(17-28-20-7-9-22(10-8-20)30-11-13-33-14-12-30)15-23(27)26(24)34-18-25(31)29-21-5-3-2-4-6-21/h2-10,15-17H,11-14,18H2,1H3,(H,29,31). The molecule has 1 aliphatic rings. The van der Waals surface area contributed by atoms with Gasteiger partial charge in [0.1, 0.15) is 0 Å². The van der Waals surface area contributed by atoms with Crippen molar-refractivity contribution < 1.29 is 19.0 Å². The van der Waals surface area contributed by atoms with Crippen LogP contribution in [-0.2, 0) is 9.53 Å². The van der Waals surface area contributed by atoms with Crippen LogP contribution in [0.5, 0.6) is 11.5 Å². The summed E-state index contributed by atoms with van der Waals surface area (Å²) in [4.78, 5) is 19.0. The monoisotopic (exact) mass is 479 g/mol. The van der Waals surface area contributed by atoms with Gasteiger partial charge in [-0.15, -0.1) is 0 Å². The number of amides is 1. The number of nitrogens with zero attached hydrogens (tertiary/aromatic N) is 2. The number of methoxy groups -OCH3 is 1. The Balaban J connectivity index is 1.39. The molecular formula is C26H26ClN3O4. The molecule has 0 atom stereocenters. The number of hydrogen-bond acceptors (Lipinski definition) is 6. The SMILES string of the molecule is COc1cc(C=Nc2ccc(N3CCOCC3)cc2)cc(Cl)c1OCC(=O)Nc1ccccc1. The third kappa shape index (κ3) is 6.27. The zero-order chi connectivity index (χ0) is 23.8. The Kier molecular flexibility index (Phi) is 8.01. The molecular weight excluding hydrogens is 454 g/mol. The number of para-hydroxylation sites is 1. The highest BCUT2D eigenvalue weighted by molar-refractivity contribution is 6.32. The van der Waals surface area contributed by atoms with Crippen molar-refractivity contribution in [3.8, 4) is 11.5 Å². The van der Waals surface area contributed by atoms with E-state index in [9.17, 15) is 4.79 Å². The topological polar surface area (TPSA) is 72.4 Å². The number of nitrogens with one attached hydrogen (secondary N) is 1. The number of anilines is 2. The molecule has 176 valence electrons. The van der Waals surface area contributed by atoms with E-state index in [1.54, 1.807) is 30.5 Å².